The van der Waals surface area contributed by atoms with E-state index < -0.39 is 5.82 Å². The largest absolute Gasteiger partial charge is 0.295 e. The number of nitrogens with zero attached hydrogens (tertiary/aromatic N) is 1. The van der Waals surface area contributed by atoms with E-state index in [4.69, 9.17) is 11.6 Å². The van der Waals surface area contributed by atoms with Crippen LogP contribution in [0.5, 0.6) is 0 Å². The predicted molar refractivity (Wildman–Crippen MR) is 78.5 cm³/mol. The molecule has 2 aromatic carbocycles. The fourth-order valence-electron chi connectivity index (χ4n) is 1.98. The zero-order chi connectivity index (χ0) is 14.5. The fraction of sp³-hybridized carbons (Fsp3) is 0.188. The average molecular weight is 292 g/mol. The number of ketones is 1. The normalized spacial score (nSPS) is 10.8. The van der Waals surface area contributed by atoms with Crippen LogP contribution < -0.4 is 0 Å². The van der Waals surface area contributed by atoms with Crippen molar-refractivity contribution in [3.63, 3.8) is 0 Å². The first kappa shape index (κ1) is 14.7. The molecule has 2 rings (SSSR count). The lowest BCUT2D eigenvalue weighted by Crippen LogP contribution is -2.26. The molecule has 0 aliphatic heterocycles. The summed E-state index contributed by atoms with van der Waals surface area (Å²) in [5.74, 6) is -0.697. The van der Waals surface area contributed by atoms with E-state index in [9.17, 15) is 9.18 Å². The number of Topliss-reactive ketones (excluding diaryl/α,β-unsaturated/α-hetero) is 1. The van der Waals surface area contributed by atoms with E-state index in [2.05, 4.69) is 0 Å². The second kappa shape index (κ2) is 6.64. The van der Waals surface area contributed by atoms with Crippen LogP contribution in [-0.4, -0.2) is 24.3 Å². The molecule has 2 aromatic rings. The van der Waals surface area contributed by atoms with E-state index in [1.807, 2.05) is 36.2 Å². The van der Waals surface area contributed by atoms with Crippen LogP contribution in [0, 0.1) is 5.82 Å². The Morgan fingerprint density at radius 2 is 1.80 bits per heavy atom. The Morgan fingerprint density at radius 3 is 2.45 bits per heavy atom. The van der Waals surface area contributed by atoms with Gasteiger partial charge in [-0.15, -0.1) is 0 Å². The average Bonchev–Trinajstić information content (AvgIpc) is 2.41. The van der Waals surface area contributed by atoms with Crippen LogP contribution in [0.15, 0.2) is 48.5 Å². The zero-order valence-electron chi connectivity index (χ0n) is 11.1. The van der Waals surface area contributed by atoms with Crippen molar-refractivity contribution in [2.75, 3.05) is 13.6 Å². The van der Waals surface area contributed by atoms with Gasteiger partial charge in [0.2, 0.25) is 0 Å². The first-order valence-corrected chi connectivity index (χ1v) is 6.65. The highest BCUT2D eigenvalue weighted by Crippen LogP contribution is 2.12. The van der Waals surface area contributed by atoms with Crippen molar-refractivity contribution >= 4 is 17.4 Å². The molecule has 4 heteroatoms. The van der Waals surface area contributed by atoms with Crippen molar-refractivity contribution in [3.05, 3.63) is 70.5 Å². The third-order valence-corrected chi connectivity index (χ3v) is 3.21. The Morgan fingerprint density at radius 1 is 1.15 bits per heavy atom. The van der Waals surface area contributed by atoms with Gasteiger partial charge in [-0.05, 0) is 36.9 Å². The molecule has 0 unspecified atom stereocenters. The molecule has 0 saturated carbocycles. The van der Waals surface area contributed by atoms with Crippen LogP contribution in [0.4, 0.5) is 4.39 Å². The van der Waals surface area contributed by atoms with Crippen LogP contribution in [0.3, 0.4) is 0 Å². The molecule has 0 amide bonds. The molecule has 0 heterocycles. The number of hydrogen-bond donors (Lipinski definition) is 0. The van der Waals surface area contributed by atoms with Crippen molar-refractivity contribution in [2.45, 2.75) is 6.54 Å². The van der Waals surface area contributed by atoms with Crippen LogP contribution in [0.1, 0.15) is 15.9 Å². The molecule has 0 fully saturated rings. The van der Waals surface area contributed by atoms with Crippen molar-refractivity contribution in [1.29, 1.82) is 0 Å². The van der Waals surface area contributed by atoms with Gasteiger partial charge in [0.15, 0.2) is 5.78 Å². The first-order valence-electron chi connectivity index (χ1n) is 6.27. The number of benzene rings is 2. The maximum Gasteiger partial charge on any atom is 0.179 e. The molecule has 0 aromatic heterocycles. The quantitative estimate of drug-likeness (QED) is 0.781. The summed E-state index contributed by atoms with van der Waals surface area (Å²) in [4.78, 5) is 13.9. The maximum absolute atomic E-state index is 13.5. The third kappa shape index (κ3) is 3.89. The summed E-state index contributed by atoms with van der Waals surface area (Å²) in [6.07, 6.45) is 0. The summed E-state index contributed by atoms with van der Waals surface area (Å²) in [5, 5.41) is 0.679. The van der Waals surface area contributed by atoms with Gasteiger partial charge < -0.3 is 0 Å². The van der Waals surface area contributed by atoms with Gasteiger partial charge in [0.1, 0.15) is 5.82 Å². The van der Waals surface area contributed by atoms with Crippen LogP contribution in [0.25, 0.3) is 0 Å². The molecule has 0 N–H and O–H groups in total. The van der Waals surface area contributed by atoms with Crippen LogP contribution in [0.2, 0.25) is 5.02 Å². The molecule has 0 saturated heterocycles. The van der Waals surface area contributed by atoms with Crippen molar-refractivity contribution < 1.29 is 9.18 Å². The van der Waals surface area contributed by atoms with Gasteiger partial charge in [-0.1, -0.05) is 35.9 Å². The van der Waals surface area contributed by atoms with Gasteiger partial charge in [0.05, 0.1) is 12.1 Å². The first-order chi connectivity index (χ1) is 9.56. The Kier molecular flexibility index (Phi) is 4.88. The van der Waals surface area contributed by atoms with Gasteiger partial charge in [0, 0.05) is 11.6 Å². The number of halogens is 2. The van der Waals surface area contributed by atoms with E-state index in [1.54, 1.807) is 12.1 Å². The predicted octanol–water partition coefficient (Wildman–Crippen LogP) is 3.79. The van der Waals surface area contributed by atoms with Gasteiger partial charge in [0.25, 0.3) is 0 Å². The van der Waals surface area contributed by atoms with E-state index in [1.165, 1.54) is 12.1 Å². The molecular weight excluding hydrogens is 277 g/mol. The molecule has 20 heavy (non-hydrogen) atoms. The topological polar surface area (TPSA) is 20.3 Å². The monoisotopic (exact) mass is 291 g/mol. The Bertz CT molecular complexity index is 598. The smallest absolute Gasteiger partial charge is 0.179 e. The summed E-state index contributed by atoms with van der Waals surface area (Å²) < 4.78 is 13.5. The van der Waals surface area contributed by atoms with Crippen molar-refractivity contribution in [3.8, 4) is 0 Å². The number of rotatable bonds is 5. The third-order valence-electron chi connectivity index (χ3n) is 2.95. The minimum atomic E-state index is -0.475. The van der Waals surface area contributed by atoms with Gasteiger partial charge >= 0.3 is 0 Å². The van der Waals surface area contributed by atoms with Crippen molar-refractivity contribution in [2.24, 2.45) is 0 Å². The number of carbonyl (C=O) groups excluding carboxylic acids is 1. The minimum absolute atomic E-state index is 0.135. The van der Waals surface area contributed by atoms with E-state index in [0.717, 1.165) is 5.56 Å². The van der Waals surface area contributed by atoms with Gasteiger partial charge in [-0.3, -0.25) is 9.69 Å². The molecule has 104 valence electrons. The second-order valence-corrected chi connectivity index (χ2v) is 5.14. The molecule has 0 radical (unpaired) electrons. The van der Waals surface area contributed by atoms with Crippen molar-refractivity contribution in [1.82, 2.24) is 4.90 Å². The lowest BCUT2D eigenvalue weighted by Gasteiger charge is -2.16. The van der Waals surface area contributed by atoms with E-state index in [-0.39, 0.29) is 17.9 Å². The summed E-state index contributed by atoms with van der Waals surface area (Å²) in [6, 6.07) is 13.5. The molecule has 0 aliphatic rings. The molecule has 0 bridgehead atoms. The highest BCUT2D eigenvalue weighted by Gasteiger charge is 2.13. The number of likely N-dealkylation sites (N-methyl/N-ethyl adjacent to an activating group) is 1. The summed E-state index contributed by atoms with van der Waals surface area (Å²) >= 11 is 5.82. The molecule has 0 spiro atoms. The summed E-state index contributed by atoms with van der Waals surface area (Å²) in [6.45, 7) is 0.779. The lowest BCUT2D eigenvalue weighted by atomic mass is 10.1. The SMILES string of the molecule is CN(CC(=O)c1ccccc1F)Cc1ccc(Cl)cc1. The summed E-state index contributed by atoms with van der Waals surface area (Å²) in [5.41, 5.74) is 1.19. The van der Waals surface area contributed by atoms with E-state index in [0.29, 0.717) is 11.6 Å². The molecule has 0 atom stereocenters. The summed E-state index contributed by atoms with van der Waals surface area (Å²) in [7, 11) is 1.83. The molecular formula is C16H15ClFNO. The maximum atomic E-state index is 13.5. The van der Waals surface area contributed by atoms with E-state index >= 15 is 0 Å². The highest BCUT2D eigenvalue weighted by atomic mass is 35.5. The highest BCUT2D eigenvalue weighted by molar-refractivity contribution is 6.30. The van der Waals surface area contributed by atoms with Crippen LogP contribution in [-0.2, 0) is 6.54 Å². The Hall–Kier alpha value is -1.71. The standard InChI is InChI=1S/C16H15ClFNO/c1-19(10-12-6-8-13(17)9-7-12)11-16(20)14-4-2-3-5-15(14)18/h2-9H,10-11H2,1H3. The molecule has 0 aliphatic carbocycles. The zero-order valence-corrected chi connectivity index (χ0v) is 11.9. The number of hydrogen-bond acceptors (Lipinski definition) is 2. The Labute approximate surface area is 122 Å². The number of carbonyl (C=O) groups is 1. The second-order valence-electron chi connectivity index (χ2n) is 4.70. The fourth-order valence-corrected chi connectivity index (χ4v) is 2.10. The minimum Gasteiger partial charge on any atom is -0.295 e. The van der Waals surface area contributed by atoms with Crippen LogP contribution >= 0.6 is 11.6 Å². The van der Waals surface area contributed by atoms with Gasteiger partial charge in [-0.2, -0.15) is 0 Å². The lowest BCUT2D eigenvalue weighted by molar-refractivity contribution is 0.0939. The Balaban J connectivity index is 1.98. The molecule has 2 nitrogen and oxygen atoms in total. The van der Waals surface area contributed by atoms with Gasteiger partial charge in [-0.25, -0.2) is 4.39 Å².